The summed E-state index contributed by atoms with van der Waals surface area (Å²) in [6.07, 6.45) is 4.13. The molecule has 3 nitrogen and oxygen atoms in total. The van der Waals surface area contributed by atoms with E-state index in [0.29, 0.717) is 12.4 Å². The lowest BCUT2D eigenvalue weighted by Gasteiger charge is -2.29. The fraction of sp³-hybridized carbons (Fsp3) is 0.222. The van der Waals surface area contributed by atoms with Crippen molar-refractivity contribution in [1.29, 1.82) is 0 Å². The third-order valence-corrected chi connectivity index (χ3v) is 3.78. The zero-order chi connectivity index (χ0) is 17.3. The second-order valence-electron chi connectivity index (χ2n) is 5.44. The van der Waals surface area contributed by atoms with Crippen molar-refractivity contribution in [3.8, 4) is 0 Å². The number of hydrogen-bond donors (Lipinski definition) is 0. The Labute approximate surface area is 135 Å². The van der Waals surface area contributed by atoms with Crippen LogP contribution in [0, 0.1) is 12.7 Å². The van der Waals surface area contributed by atoms with Crippen molar-refractivity contribution in [2.75, 3.05) is 11.4 Å². The molecule has 0 aliphatic carbocycles. The normalized spacial score (nSPS) is 15.1. The molecule has 1 aliphatic heterocycles. The smallest absolute Gasteiger partial charge is 0.147 e. The third-order valence-electron chi connectivity index (χ3n) is 3.78. The van der Waals surface area contributed by atoms with E-state index in [1.165, 1.54) is 6.07 Å². The second-order valence-corrected chi connectivity index (χ2v) is 5.44. The number of halogens is 2. The number of aromatic nitrogens is 2. The molecule has 0 unspecified atom stereocenters. The number of allylic oxidation sites excluding steroid dienone is 3. The van der Waals surface area contributed by atoms with Gasteiger partial charge in [-0.3, -0.25) is 4.98 Å². The molecule has 1 aliphatic rings. The second kappa shape index (κ2) is 6.28. The van der Waals surface area contributed by atoms with Crippen molar-refractivity contribution in [3.63, 3.8) is 0 Å². The molecule has 2 aromatic heterocycles. The zero-order valence-corrected chi connectivity index (χ0v) is 13.0. The van der Waals surface area contributed by atoms with Gasteiger partial charge in [-0.05, 0) is 55.3 Å². The number of nitrogens with zero attached hydrogens (tertiary/aromatic N) is 3. The molecular formula is C18H17F2N3. The Morgan fingerprint density at radius 2 is 2.09 bits per heavy atom. The van der Waals surface area contributed by atoms with Gasteiger partial charge in [-0.2, -0.15) is 0 Å². The highest BCUT2D eigenvalue weighted by Crippen LogP contribution is 2.27. The fourth-order valence-corrected chi connectivity index (χ4v) is 2.51. The van der Waals surface area contributed by atoms with Gasteiger partial charge >= 0.3 is 0 Å². The average Bonchev–Trinajstić information content (AvgIpc) is 2.55. The summed E-state index contributed by atoms with van der Waals surface area (Å²) in [7, 11) is 0. The standard InChI is InChI=1S/C18H17F2N3/c1-12-9-14(7-8-21-12)15-4-3-13(2)23(11-15)18-6-5-16(20)17(10-19)22-18/h3-9H,10-11H2,1-2H3/i8D. The molecule has 0 fully saturated rings. The van der Waals surface area contributed by atoms with E-state index in [1.54, 1.807) is 12.1 Å². The van der Waals surface area contributed by atoms with Crippen LogP contribution in [0.15, 0.2) is 48.3 Å². The molecule has 2 aromatic rings. The first-order valence-electron chi connectivity index (χ1n) is 7.80. The van der Waals surface area contributed by atoms with Gasteiger partial charge in [0.2, 0.25) is 0 Å². The molecule has 5 heteroatoms. The largest absolute Gasteiger partial charge is 0.326 e. The average molecular weight is 314 g/mol. The van der Waals surface area contributed by atoms with Gasteiger partial charge < -0.3 is 4.90 Å². The Hall–Kier alpha value is -2.56. The Balaban J connectivity index is 1.95. The van der Waals surface area contributed by atoms with Crippen molar-refractivity contribution in [1.82, 2.24) is 9.97 Å². The van der Waals surface area contributed by atoms with E-state index in [2.05, 4.69) is 9.97 Å². The van der Waals surface area contributed by atoms with Crippen LogP contribution < -0.4 is 4.90 Å². The van der Waals surface area contributed by atoms with E-state index < -0.39 is 12.5 Å². The van der Waals surface area contributed by atoms with Gasteiger partial charge in [-0.1, -0.05) is 6.08 Å². The molecule has 0 spiro atoms. The summed E-state index contributed by atoms with van der Waals surface area (Å²) in [5, 5.41) is 0. The number of alkyl halides is 1. The number of anilines is 1. The van der Waals surface area contributed by atoms with E-state index in [9.17, 15) is 8.78 Å². The first kappa shape index (κ1) is 14.1. The Morgan fingerprint density at radius 1 is 1.26 bits per heavy atom. The van der Waals surface area contributed by atoms with Gasteiger partial charge in [0.15, 0.2) is 0 Å². The number of hydrogen-bond acceptors (Lipinski definition) is 3. The van der Waals surface area contributed by atoms with Gasteiger partial charge in [-0.25, -0.2) is 13.8 Å². The lowest BCUT2D eigenvalue weighted by molar-refractivity contribution is 0.452. The van der Waals surface area contributed by atoms with Crippen molar-refractivity contribution < 1.29 is 10.2 Å². The molecule has 0 saturated heterocycles. The predicted octanol–water partition coefficient (Wildman–Crippen LogP) is 4.20. The van der Waals surface area contributed by atoms with Gasteiger partial charge in [0, 0.05) is 24.1 Å². The maximum Gasteiger partial charge on any atom is 0.147 e. The summed E-state index contributed by atoms with van der Waals surface area (Å²) in [4.78, 5) is 10.1. The first-order valence-corrected chi connectivity index (χ1v) is 7.30. The molecule has 0 radical (unpaired) electrons. The summed E-state index contributed by atoms with van der Waals surface area (Å²) in [6.45, 7) is 3.33. The van der Waals surface area contributed by atoms with E-state index in [0.717, 1.165) is 22.5 Å². The van der Waals surface area contributed by atoms with Crippen LogP contribution in [0.4, 0.5) is 14.6 Å². The van der Waals surface area contributed by atoms with E-state index in [1.807, 2.05) is 37.0 Å². The minimum atomic E-state index is -0.940. The van der Waals surface area contributed by atoms with Gasteiger partial charge in [0.1, 0.15) is 24.0 Å². The minimum Gasteiger partial charge on any atom is -0.326 e. The van der Waals surface area contributed by atoms with Crippen molar-refractivity contribution in [2.24, 2.45) is 0 Å². The predicted molar refractivity (Wildman–Crippen MR) is 87.1 cm³/mol. The highest BCUT2D eigenvalue weighted by atomic mass is 19.1. The molecule has 0 N–H and O–H groups in total. The highest BCUT2D eigenvalue weighted by molar-refractivity contribution is 5.74. The summed E-state index contributed by atoms with van der Waals surface area (Å²) in [6, 6.07) is 6.40. The summed E-state index contributed by atoms with van der Waals surface area (Å²) in [5.74, 6) is -0.139. The van der Waals surface area contributed by atoms with Crippen LogP contribution in [0.25, 0.3) is 5.57 Å². The van der Waals surface area contributed by atoms with Crippen LogP contribution in [-0.4, -0.2) is 16.5 Å². The lowest BCUT2D eigenvalue weighted by Crippen LogP contribution is -2.26. The van der Waals surface area contributed by atoms with E-state index in [-0.39, 0.29) is 11.9 Å². The number of pyridine rings is 2. The molecule has 23 heavy (non-hydrogen) atoms. The summed E-state index contributed by atoms with van der Waals surface area (Å²) < 4.78 is 34.1. The Morgan fingerprint density at radius 3 is 2.83 bits per heavy atom. The molecule has 0 aromatic carbocycles. The Kier molecular flexibility index (Phi) is 3.84. The van der Waals surface area contributed by atoms with Crippen LogP contribution in [0.2, 0.25) is 0 Å². The van der Waals surface area contributed by atoms with Crippen LogP contribution in [0.1, 0.15) is 25.2 Å². The topological polar surface area (TPSA) is 29.0 Å². The SMILES string of the molecule is [2H]c1cc(C2=CC=C(C)N(c3ccc(F)c(CF)n3)C2)cc(C)n1. The van der Waals surface area contributed by atoms with Crippen molar-refractivity contribution >= 4 is 11.4 Å². The van der Waals surface area contributed by atoms with Gasteiger partial charge in [-0.15, -0.1) is 0 Å². The quantitative estimate of drug-likeness (QED) is 0.850. The fourth-order valence-electron chi connectivity index (χ4n) is 2.51. The van der Waals surface area contributed by atoms with Gasteiger partial charge in [0.05, 0.1) is 1.37 Å². The molecule has 0 atom stereocenters. The zero-order valence-electron chi connectivity index (χ0n) is 14.0. The van der Waals surface area contributed by atoms with E-state index in [4.69, 9.17) is 1.37 Å². The number of rotatable bonds is 3. The van der Waals surface area contributed by atoms with Crippen LogP contribution in [0.5, 0.6) is 0 Å². The molecule has 0 amide bonds. The Bertz CT molecular complexity index is 826. The molecular weight excluding hydrogens is 296 g/mol. The van der Waals surface area contributed by atoms with Gasteiger partial charge in [0.25, 0.3) is 0 Å². The highest BCUT2D eigenvalue weighted by Gasteiger charge is 2.18. The summed E-state index contributed by atoms with van der Waals surface area (Å²) >= 11 is 0. The van der Waals surface area contributed by atoms with E-state index >= 15 is 0 Å². The molecule has 0 bridgehead atoms. The monoisotopic (exact) mass is 314 g/mol. The third kappa shape index (κ3) is 3.13. The van der Waals surface area contributed by atoms with Crippen molar-refractivity contribution in [3.05, 3.63) is 71.1 Å². The van der Waals surface area contributed by atoms with Crippen LogP contribution in [-0.2, 0) is 6.67 Å². The molecule has 3 heterocycles. The molecule has 0 saturated carbocycles. The molecule has 3 rings (SSSR count). The lowest BCUT2D eigenvalue weighted by atomic mass is 10.0. The van der Waals surface area contributed by atoms with Crippen molar-refractivity contribution in [2.45, 2.75) is 20.5 Å². The summed E-state index contributed by atoms with van der Waals surface area (Å²) in [5.41, 5.74) is 3.42. The number of aryl methyl sites for hydroxylation is 1. The van der Waals surface area contributed by atoms with Crippen LogP contribution in [0.3, 0.4) is 0 Å². The minimum absolute atomic E-state index is 0.190. The first-order chi connectivity index (χ1) is 11.5. The molecule has 118 valence electrons. The maximum absolute atomic E-state index is 13.5. The van der Waals surface area contributed by atoms with Crippen LogP contribution >= 0.6 is 0 Å². The maximum atomic E-state index is 13.5.